The molecule has 2 saturated heterocycles. The third kappa shape index (κ3) is 4.85. The number of hydrogen-bond donors (Lipinski definition) is 3. The maximum absolute atomic E-state index is 11.7. The van der Waals surface area contributed by atoms with Crippen LogP contribution in [0.5, 0.6) is 0 Å². The number of nitrogens with one attached hydrogen (secondary N) is 3. The number of rotatable bonds is 6. The summed E-state index contributed by atoms with van der Waals surface area (Å²) < 4.78 is 10.9. The lowest BCUT2D eigenvalue weighted by Gasteiger charge is -2.22. The van der Waals surface area contributed by atoms with Crippen molar-refractivity contribution in [3.8, 4) is 0 Å². The highest BCUT2D eigenvalue weighted by Crippen LogP contribution is 2.34. The lowest BCUT2D eigenvalue weighted by atomic mass is 9.96. The van der Waals surface area contributed by atoms with Gasteiger partial charge in [0.15, 0.2) is 11.7 Å². The molecular formula is C16H25IN4O3. The number of nitrogens with zero attached hydrogens (tertiary/aromatic N) is 1. The molecule has 24 heavy (non-hydrogen) atoms. The first-order valence-electron chi connectivity index (χ1n) is 8.28. The largest absolute Gasteiger partial charge is 0.459 e. The van der Waals surface area contributed by atoms with Gasteiger partial charge in [0.05, 0.1) is 31.1 Å². The Morgan fingerprint density at radius 1 is 1.38 bits per heavy atom. The second-order valence-corrected chi connectivity index (χ2v) is 5.85. The Kier molecular flexibility index (Phi) is 7.35. The van der Waals surface area contributed by atoms with Crippen LogP contribution >= 0.6 is 24.0 Å². The van der Waals surface area contributed by atoms with Gasteiger partial charge in [-0.2, -0.15) is 0 Å². The topological polar surface area (TPSA) is 87.9 Å². The van der Waals surface area contributed by atoms with Gasteiger partial charge in [0.1, 0.15) is 0 Å². The lowest BCUT2D eigenvalue weighted by molar-refractivity contribution is 0.0927. The quantitative estimate of drug-likeness (QED) is 0.266. The third-order valence-electron chi connectivity index (χ3n) is 4.18. The van der Waals surface area contributed by atoms with Crippen LogP contribution in [0.1, 0.15) is 36.7 Å². The van der Waals surface area contributed by atoms with E-state index in [4.69, 9.17) is 9.15 Å². The van der Waals surface area contributed by atoms with Crippen LogP contribution in [0.2, 0.25) is 0 Å². The van der Waals surface area contributed by atoms with Crippen molar-refractivity contribution in [3.63, 3.8) is 0 Å². The molecule has 8 heteroatoms. The highest BCUT2D eigenvalue weighted by atomic mass is 127. The molecule has 134 valence electrons. The molecular weight excluding hydrogens is 423 g/mol. The Labute approximate surface area is 159 Å². The summed E-state index contributed by atoms with van der Waals surface area (Å²) >= 11 is 0. The maximum atomic E-state index is 11.7. The molecule has 2 aliphatic heterocycles. The van der Waals surface area contributed by atoms with Gasteiger partial charge in [0.2, 0.25) is 0 Å². The van der Waals surface area contributed by atoms with E-state index >= 15 is 0 Å². The molecule has 3 heterocycles. The van der Waals surface area contributed by atoms with E-state index in [9.17, 15) is 4.79 Å². The fraction of sp³-hybridized carbons (Fsp3) is 0.625. The second-order valence-electron chi connectivity index (χ2n) is 5.85. The zero-order valence-electron chi connectivity index (χ0n) is 13.8. The van der Waals surface area contributed by atoms with E-state index in [1.807, 2.05) is 6.92 Å². The number of furan rings is 1. The van der Waals surface area contributed by atoms with Crippen molar-refractivity contribution in [2.75, 3.05) is 19.6 Å². The molecule has 7 nitrogen and oxygen atoms in total. The first kappa shape index (κ1) is 19.0. The normalized spacial score (nSPS) is 25.2. The summed E-state index contributed by atoms with van der Waals surface area (Å²) in [4.78, 5) is 16.2. The molecule has 1 amide bonds. The number of amides is 1. The first-order valence-corrected chi connectivity index (χ1v) is 8.28. The van der Waals surface area contributed by atoms with E-state index in [0.717, 1.165) is 25.3 Å². The van der Waals surface area contributed by atoms with Crippen molar-refractivity contribution in [2.45, 2.75) is 44.4 Å². The minimum atomic E-state index is -0.218. The van der Waals surface area contributed by atoms with Crippen molar-refractivity contribution in [3.05, 3.63) is 24.2 Å². The summed E-state index contributed by atoms with van der Waals surface area (Å²) in [5.74, 6) is 0.878. The van der Waals surface area contributed by atoms with Gasteiger partial charge in [-0.05, 0) is 38.3 Å². The molecule has 2 aliphatic rings. The number of guanidine groups is 1. The highest BCUT2D eigenvalue weighted by Gasteiger charge is 2.41. The molecule has 0 radical (unpaired) electrons. The van der Waals surface area contributed by atoms with Crippen LogP contribution in [0, 0.1) is 0 Å². The molecule has 0 aromatic carbocycles. The second kappa shape index (κ2) is 9.26. The van der Waals surface area contributed by atoms with E-state index in [1.165, 1.54) is 12.7 Å². The molecule has 3 N–H and O–H groups in total. The number of aliphatic imine (C=N–C) groups is 1. The van der Waals surface area contributed by atoms with Crippen molar-refractivity contribution in [2.24, 2.45) is 4.99 Å². The molecule has 0 aliphatic carbocycles. The van der Waals surface area contributed by atoms with Gasteiger partial charge in [0, 0.05) is 13.1 Å². The Morgan fingerprint density at radius 2 is 2.25 bits per heavy atom. The molecule has 2 fully saturated rings. The van der Waals surface area contributed by atoms with Crippen molar-refractivity contribution in [1.29, 1.82) is 0 Å². The minimum absolute atomic E-state index is 0. The van der Waals surface area contributed by atoms with E-state index in [0.29, 0.717) is 37.1 Å². The van der Waals surface area contributed by atoms with E-state index in [1.54, 1.807) is 12.1 Å². The first-order chi connectivity index (χ1) is 11.3. The van der Waals surface area contributed by atoms with E-state index in [2.05, 4.69) is 20.9 Å². The highest BCUT2D eigenvalue weighted by molar-refractivity contribution is 14.0. The molecule has 1 aromatic heterocycles. The standard InChI is InChI=1S/C16H24N4O3.HI/c1-2-17-16(20-12-10-11-5-6-13(12)23-11)19-8-7-18-15(21)14-4-3-9-22-14;/h3-4,9,11-13H,2,5-8,10H2,1H3,(H,18,21)(H2,17,19,20);1H. The van der Waals surface area contributed by atoms with E-state index < -0.39 is 0 Å². The smallest absolute Gasteiger partial charge is 0.287 e. The van der Waals surface area contributed by atoms with Gasteiger partial charge < -0.3 is 25.1 Å². The molecule has 3 rings (SSSR count). The molecule has 2 bridgehead atoms. The maximum Gasteiger partial charge on any atom is 0.287 e. The number of ether oxygens (including phenoxy) is 1. The summed E-state index contributed by atoms with van der Waals surface area (Å²) in [7, 11) is 0. The third-order valence-corrected chi connectivity index (χ3v) is 4.18. The number of carbonyl (C=O) groups is 1. The van der Waals surface area contributed by atoms with Crippen molar-refractivity contribution < 1.29 is 13.9 Å². The van der Waals surface area contributed by atoms with Gasteiger partial charge in [-0.3, -0.25) is 9.79 Å². The fourth-order valence-corrected chi connectivity index (χ4v) is 3.12. The zero-order chi connectivity index (χ0) is 16.1. The number of carbonyl (C=O) groups excluding carboxylic acids is 1. The van der Waals surface area contributed by atoms with Gasteiger partial charge in [0.25, 0.3) is 5.91 Å². The van der Waals surface area contributed by atoms with Crippen LogP contribution in [-0.2, 0) is 4.74 Å². The summed E-state index contributed by atoms with van der Waals surface area (Å²) in [5, 5.41) is 9.47. The van der Waals surface area contributed by atoms with Crippen molar-refractivity contribution in [1.82, 2.24) is 16.0 Å². The van der Waals surface area contributed by atoms with Gasteiger partial charge >= 0.3 is 0 Å². The average Bonchev–Trinajstić information content (AvgIpc) is 3.28. The van der Waals surface area contributed by atoms with Crippen molar-refractivity contribution >= 4 is 35.8 Å². The van der Waals surface area contributed by atoms with Crippen LogP contribution in [0.15, 0.2) is 27.8 Å². The number of halogens is 1. The predicted molar refractivity (Wildman–Crippen MR) is 102 cm³/mol. The summed E-state index contributed by atoms with van der Waals surface area (Å²) in [6, 6.07) is 3.67. The summed E-state index contributed by atoms with van der Waals surface area (Å²) in [6.45, 7) is 3.80. The molecule has 3 atom stereocenters. The monoisotopic (exact) mass is 448 g/mol. The Balaban J connectivity index is 0.00000208. The summed E-state index contributed by atoms with van der Waals surface area (Å²) in [6.07, 6.45) is 5.55. The predicted octanol–water partition coefficient (Wildman–Crippen LogP) is 1.50. The number of hydrogen-bond acceptors (Lipinski definition) is 4. The molecule has 0 spiro atoms. The lowest BCUT2D eigenvalue weighted by Crippen LogP contribution is -2.47. The molecule has 1 aromatic rings. The molecule has 3 unspecified atom stereocenters. The van der Waals surface area contributed by atoms with Gasteiger partial charge in [-0.15, -0.1) is 24.0 Å². The fourth-order valence-electron chi connectivity index (χ4n) is 3.12. The Bertz CT molecular complexity index is 550. The zero-order valence-corrected chi connectivity index (χ0v) is 16.1. The van der Waals surface area contributed by atoms with Crippen LogP contribution in [0.25, 0.3) is 0 Å². The SMILES string of the molecule is CCNC(=NCCNC(=O)c1ccco1)NC1CC2CCC1O2.I. The van der Waals surface area contributed by atoms with Gasteiger partial charge in [-0.25, -0.2) is 0 Å². The average molecular weight is 448 g/mol. The van der Waals surface area contributed by atoms with Crippen LogP contribution < -0.4 is 16.0 Å². The summed E-state index contributed by atoms with van der Waals surface area (Å²) in [5.41, 5.74) is 0. The van der Waals surface area contributed by atoms with Crippen LogP contribution in [0.3, 0.4) is 0 Å². The number of fused-ring (bicyclic) bond motifs is 2. The molecule has 0 saturated carbocycles. The van der Waals surface area contributed by atoms with Crippen LogP contribution in [0.4, 0.5) is 0 Å². The van der Waals surface area contributed by atoms with E-state index in [-0.39, 0.29) is 29.9 Å². The Hall–Kier alpha value is -1.29. The minimum Gasteiger partial charge on any atom is -0.459 e. The van der Waals surface area contributed by atoms with Gasteiger partial charge in [-0.1, -0.05) is 0 Å². The van der Waals surface area contributed by atoms with Crippen LogP contribution in [-0.4, -0.2) is 49.8 Å². The Morgan fingerprint density at radius 3 is 2.88 bits per heavy atom.